The largest absolute Gasteiger partial charge is 0.496 e. The fraction of sp³-hybridized carbons (Fsp3) is 0.500. The smallest absolute Gasteiger partial charge is 0.195 e. The zero-order valence-electron chi connectivity index (χ0n) is 11.2. The molecule has 2 unspecified atom stereocenters. The number of ether oxygens (including phenoxy) is 3. The Balaban J connectivity index is 2.34. The summed E-state index contributed by atoms with van der Waals surface area (Å²) in [6.45, 7) is 1.98. The molecule has 0 aliphatic carbocycles. The van der Waals surface area contributed by atoms with Crippen LogP contribution in [0.2, 0.25) is 0 Å². The van der Waals surface area contributed by atoms with Crippen molar-refractivity contribution in [3.05, 3.63) is 22.2 Å². The molecule has 1 fully saturated rings. The van der Waals surface area contributed by atoms with Crippen molar-refractivity contribution < 1.29 is 19.0 Å². The first-order valence-corrected chi connectivity index (χ1v) is 6.97. The molecular weight excluding hydrogens is 312 g/mol. The van der Waals surface area contributed by atoms with E-state index in [9.17, 15) is 4.79 Å². The maximum absolute atomic E-state index is 12.5. The number of hydrogen-bond donors (Lipinski definition) is 0. The minimum atomic E-state index is -0.380. The summed E-state index contributed by atoms with van der Waals surface area (Å²) in [4.78, 5) is 12.5. The van der Waals surface area contributed by atoms with E-state index in [4.69, 9.17) is 14.2 Å². The van der Waals surface area contributed by atoms with Crippen LogP contribution in [0.25, 0.3) is 0 Å². The number of halogens is 1. The van der Waals surface area contributed by atoms with E-state index in [0.29, 0.717) is 17.1 Å². The van der Waals surface area contributed by atoms with Crippen LogP contribution in [0.15, 0.2) is 16.6 Å². The first-order chi connectivity index (χ1) is 9.06. The monoisotopic (exact) mass is 328 g/mol. The number of carbonyl (C=O) groups excluding carboxylic acids is 1. The Morgan fingerprint density at radius 1 is 1.26 bits per heavy atom. The molecule has 2 atom stereocenters. The van der Waals surface area contributed by atoms with Crippen LogP contribution in [0, 0.1) is 0 Å². The Labute approximate surface area is 121 Å². The predicted octanol–water partition coefficient (Wildman–Crippen LogP) is 3.22. The van der Waals surface area contributed by atoms with Crippen molar-refractivity contribution in [2.45, 2.75) is 32.0 Å². The normalized spacial score (nSPS) is 22.3. The Morgan fingerprint density at radius 3 is 2.47 bits per heavy atom. The van der Waals surface area contributed by atoms with Gasteiger partial charge in [-0.15, -0.1) is 0 Å². The number of carbonyl (C=O) groups is 1. The average molecular weight is 329 g/mol. The average Bonchev–Trinajstić information content (AvgIpc) is 2.84. The summed E-state index contributed by atoms with van der Waals surface area (Å²) in [7, 11) is 3.11. The summed E-state index contributed by atoms with van der Waals surface area (Å²) in [5.74, 6) is 1.09. The Morgan fingerprint density at radius 2 is 1.95 bits per heavy atom. The number of methoxy groups -OCH3 is 2. The number of Topliss-reactive ketones (excluding diaryl/α,β-unsaturated/α-hetero) is 1. The first-order valence-electron chi connectivity index (χ1n) is 6.18. The number of ketones is 1. The summed E-state index contributed by atoms with van der Waals surface area (Å²) in [6.07, 6.45) is 1.42. The summed E-state index contributed by atoms with van der Waals surface area (Å²) in [6, 6.07) is 3.43. The van der Waals surface area contributed by atoms with E-state index >= 15 is 0 Å². The van der Waals surface area contributed by atoms with Crippen LogP contribution in [0.3, 0.4) is 0 Å². The van der Waals surface area contributed by atoms with Crippen molar-refractivity contribution in [2.24, 2.45) is 0 Å². The molecule has 0 amide bonds. The lowest BCUT2D eigenvalue weighted by Crippen LogP contribution is -2.21. The molecule has 19 heavy (non-hydrogen) atoms. The molecular formula is C14H17BrO4. The standard InChI is InChI=1S/C14H17BrO4/c1-8-4-5-11(19-8)14(16)9-6-13(18-3)10(15)7-12(9)17-2/h6-8,11H,4-5H2,1-3H3. The zero-order chi connectivity index (χ0) is 14.0. The van der Waals surface area contributed by atoms with Crippen LogP contribution in [-0.2, 0) is 4.74 Å². The Kier molecular flexibility index (Phi) is 4.47. The van der Waals surface area contributed by atoms with Gasteiger partial charge in [0.2, 0.25) is 0 Å². The lowest BCUT2D eigenvalue weighted by molar-refractivity contribution is 0.0431. The summed E-state index contributed by atoms with van der Waals surface area (Å²) in [5, 5.41) is 0. The number of hydrogen-bond acceptors (Lipinski definition) is 4. The van der Waals surface area contributed by atoms with Crippen LogP contribution in [0.4, 0.5) is 0 Å². The number of benzene rings is 1. The highest BCUT2D eigenvalue weighted by Crippen LogP contribution is 2.35. The van der Waals surface area contributed by atoms with Gasteiger partial charge in [0, 0.05) is 0 Å². The lowest BCUT2D eigenvalue weighted by Gasteiger charge is -2.15. The molecule has 1 heterocycles. The fourth-order valence-corrected chi connectivity index (χ4v) is 2.71. The van der Waals surface area contributed by atoms with Crippen molar-refractivity contribution in [3.8, 4) is 11.5 Å². The van der Waals surface area contributed by atoms with E-state index in [0.717, 1.165) is 17.3 Å². The molecule has 1 aliphatic heterocycles. The molecule has 2 rings (SSSR count). The van der Waals surface area contributed by atoms with E-state index in [1.807, 2.05) is 6.92 Å². The third-order valence-electron chi connectivity index (χ3n) is 3.26. The van der Waals surface area contributed by atoms with Gasteiger partial charge >= 0.3 is 0 Å². The highest BCUT2D eigenvalue weighted by atomic mass is 79.9. The molecule has 0 bridgehead atoms. The maximum Gasteiger partial charge on any atom is 0.195 e. The van der Waals surface area contributed by atoms with Gasteiger partial charge in [0.15, 0.2) is 5.78 Å². The van der Waals surface area contributed by atoms with E-state index in [1.54, 1.807) is 26.4 Å². The van der Waals surface area contributed by atoms with Gasteiger partial charge < -0.3 is 14.2 Å². The second-order valence-corrected chi connectivity index (χ2v) is 5.42. The van der Waals surface area contributed by atoms with E-state index in [-0.39, 0.29) is 18.0 Å². The van der Waals surface area contributed by atoms with Gasteiger partial charge in [-0.05, 0) is 47.8 Å². The van der Waals surface area contributed by atoms with Gasteiger partial charge in [-0.1, -0.05) is 0 Å². The summed E-state index contributed by atoms with van der Waals surface area (Å²) in [5.41, 5.74) is 0.502. The first kappa shape index (κ1) is 14.3. The SMILES string of the molecule is COc1cc(C(=O)C2CCC(C)O2)c(OC)cc1Br. The molecule has 1 aromatic rings. The molecule has 4 nitrogen and oxygen atoms in total. The van der Waals surface area contributed by atoms with Crippen LogP contribution in [-0.4, -0.2) is 32.2 Å². The van der Waals surface area contributed by atoms with Crippen LogP contribution >= 0.6 is 15.9 Å². The second kappa shape index (κ2) is 5.92. The molecule has 0 spiro atoms. The highest BCUT2D eigenvalue weighted by Gasteiger charge is 2.31. The molecule has 5 heteroatoms. The van der Waals surface area contributed by atoms with E-state index in [1.165, 1.54) is 0 Å². The van der Waals surface area contributed by atoms with Crippen LogP contribution in [0.5, 0.6) is 11.5 Å². The van der Waals surface area contributed by atoms with E-state index in [2.05, 4.69) is 15.9 Å². The summed E-state index contributed by atoms with van der Waals surface area (Å²) < 4.78 is 16.9. The molecule has 1 aromatic carbocycles. The van der Waals surface area contributed by atoms with Crippen LogP contribution < -0.4 is 9.47 Å². The van der Waals surface area contributed by atoms with Gasteiger partial charge in [-0.25, -0.2) is 0 Å². The van der Waals surface area contributed by atoms with Crippen molar-refractivity contribution in [2.75, 3.05) is 14.2 Å². The minimum Gasteiger partial charge on any atom is -0.496 e. The summed E-state index contributed by atoms with van der Waals surface area (Å²) >= 11 is 3.38. The molecule has 0 saturated carbocycles. The molecule has 1 aliphatic rings. The van der Waals surface area contributed by atoms with Crippen molar-refractivity contribution in [1.29, 1.82) is 0 Å². The molecule has 1 saturated heterocycles. The molecule has 0 radical (unpaired) electrons. The Bertz CT molecular complexity index is 487. The number of rotatable bonds is 4. The van der Waals surface area contributed by atoms with Crippen molar-refractivity contribution in [1.82, 2.24) is 0 Å². The molecule has 0 aromatic heterocycles. The second-order valence-electron chi connectivity index (χ2n) is 4.56. The minimum absolute atomic E-state index is 0.0491. The van der Waals surface area contributed by atoms with Gasteiger partial charge in [0.25, 0.3) is 0 Å². The van der Waals surface area contributed by atoms with E-state index < -0.39 is 0 Å². The van der Waals surface area contributed by atoms with Gasteiger partial charge in [0.1, 0.15) is 17.6 Å². The topological polar surface area (TPSA) is 44.8 Å². The molecule has 104 valence electrons. The quantitative estimate of drug-likeness (QED) is 0.796. The molecule has 0 N–H and O–H groups in total. The lowest BCUT2D eigenvalue weighted by atomic mass is 10.0. The Hall–Kier alpha value is -1.07. The third-order valence-corrected chi connectivity index (χ3v) is 3.88. The van der Waals surface area contributed by atoms with Crippen molar-refractivity contribution in [3.63, 3.8) is 0 Å². The van der Waals surface area contributed by atoms with Gasteiger partial charge in [0.05, 0.1) is 30.4 Å². The predicted molar refractivity (Wildman–Crippen MR) is 75.1 cm³/mol. The third kappa shape index (κ3) is 2.92. The van der Waals surface area contributed by atoms with Crippen molar-refractivity contribution >= 4 is 21.7 Å². The van der Waals surface area contributed by atoms with Gasteiger partial charge in [-0.3, -0.25) is 4.79 Å². The van der Waals surface area contributed by atoms with Gasteiger partial charge in [-0.2, -0.15) is 0 Å². The van der Waals surface area contributed by atoms with Crippen LogP contribution in [0.1, 0.15) is 30.1 Å². The zero-order valence-corrected chi connectivity index (χ0v) is 12.8. The maximum atomic E-state index is 12.5. The highest BCUT2D eigenvalue weighted by molar-refractivity contribution is 9.10. The fourth-order valence-electron chi connectivity index (χ4n) is 2.22.